The van der Waals surface area contributed by atoms with Crippen molar-refractivity contribution in [1.82, 2.24) is 5.32 Å². The fourth-order valence-corrected chi connectivity index (χ4v) is 3.17. The summed E-state index contributed by atoms with van der Waals surface area (Å²) < 4.78 is 0. The van der Waals surface area contributed by atoms with Gasteiger partial charge in [-0.2, -0.15) is 0 Å². The van der Waals surface area contributed by atoms with Crippen LogP contribution in [-0.4, -0.2) is 20.1 Å². The van der Waals surface area contributed by atoms with Crippen LogP contribution in [0.25, 0.3) is 0 Å². The zero-order valence-corrected chi connectivity index (χ0v) is 12.9. The van der Waals surface area contributed by atoms with Gasteiger partial charge in [-0.1, -0.05) is 32.9 Å². The molecule has 1 aliphatic heterocycles. The summed E-state index contributed by atoms with van der Waals surface area (Å²) in [5.74, 6) is 0. The molecule has 0 radical (unpaired) electrons. The van der Waals surface area contributed by atoms with E-state index in [4.69, 9.17) is 0 Å². The van der Waals surface area contributed by atoms with Crippen molar-refractivity contribution in [1.29, 1.82) is 0 Å². The minimum Gasteiger partial charge on any atom is -0.371 e. The number of nitrogens with one attached hydrogen (secondary N) is 1. The van der Waals surface area contributed by atoms with Crippen LogP contribution in [0.3, 0.4) is 0 Å². The number of benzene rings is 1. The first kappa shape index (κ1) is 14.4. The maximum Gasteiger partial charge on any atom is 0.0366 e. The van der Waals surface area contributed by atoms with E-state index < -0.39 is 0 Å². The van der Waals surface area contributed by atoms with Crippen molar-refractivity contribution in [2.75, 3.05) is 25.0 Å². The van der Waals surface area contributed by atoms with Crippen molar-refractivity contribution >= 4 is 5.69 Å². The molecule has 0 saturated carbocycles. The van der Waals surface area contributed by atoms with E-state index in [1.54, 1.807) is 0 Å². The van der Waals surface area contributed by atoms with Gasteiger partial charge in [0.1, 0.15) is 0 Å². The summed E-state index contributed by atoms with van der Waals surface area (Å²) >= 11 is 0. The third-order valence-corrected chi connectivity index (χ3v) is 4.32. The highest BCUT2D eigenvalue weighted by Crippen LogP contribution is 2.32. The summed E-state index contributed by atoms with van der Waals surface area (Å²) in [5, 5.41) is 3.37. The first-order valence-corrected chi connectivity index (χ1v) is 7.58. The molecule has 1 unspecified atom stereocenters. The molecule has 0 amide bonds. The molecule has 1 heterocycles. The quantitative estimate of drug-likeness (QED) is 0.881. The van der Waals surface area contributed by atoms with E-state index in [-0.39, 0.29) is 0 Å². The fourth-order valence-electron chi connectivity index (χ4n) is 3.17. The lowest BCUT2D eigenvalue weighted by molar-refractivity contribution is 0.293. The fraction of sp³-hybridized carbons (Fsp3) is 0.647. The largest absolute Gasteiger partial charge is 0.371 e. The number of rotatable bonds is 4. The third-order valence-electron chi connectivity index (χ3n) is 4.32. The van der Waals surface area contributed by atoms with E-state index in [1.165, 1.54) is 37.2 Å². The van der Waals surface area contributed by atoms with Crippen molar-refractivity contribution in [3.63, 3.8) is 0 Å². The van der Waals surface area contributed by atoms with Crippen molar-refractivity contribution in [2.24, 2.45) is 5.41 Å². The number of piperidine rings is 1. The zero-order valence-electron chi connectivity index (χ0n) is 12.9. The van der Waals surface area contributed by atoms with Crippen LogP contribution in [-0.2, 0) is 0 Å². The van der Waals surface area contributed by atoms with E-state index in [1.807, 2.05) is 7.05 Å². The average Bonchev–Trinajstić information content (AvgIpc) is 2.40. The molecule has 1 saturated heterocycles. The van der Waals surface area contributed by atoms with Gasteiger partial charge in [-0.05, 0) is 49.4 Å². The van der Waals surface area contributed by atoms with Crippen LogP contribution in [0.15, 0.2) is 24.3 Å². The Morgan fingerprint density at radius 1 is 1.26 bits per heavy atom. The molecule has 2 rings (SSSR count). The minimum atomic E-state index is 0.452. The Morgan fingerprint density at radius 2 is 1.95 bits per heavy atom. The standard InChI is InChI=1S/C17H28N2/c1-5-16(18-4)14-7-9-15(10-8-14)19-12-6-11-17(2,3)13-19/h7-10,16,18H,5-6,11-13H2,1-4H3. The van der Waals surface area contributed by atoms with Gasteiger partial charge < -0.3 is 10.2 Å². The summed E-state index contributed by atoms with van der Waals surface area (Å²) in [6.45, 7) is 9.35. The van der Waals surface area contributed by atoms with Gasteiger partial charge in [-0.3, -0.25) is 0 Å². The lowest BCUT2D eigenvalue weighted by atomic mass is 9.84. The number of hydrogen-bond acceptors (Lipinski definition) is 2. The van der Waals surface area contributed by atoms with Gasteiger partial charge >= 0.3 is 0 Å². The first-order chi connectivity index (χ1) is 9.05. The van der Waals surface area contributed by atoms with Crippen molar-refractivity contribution in [3.05, 3.63) is 29.8 Å². The van der Waals surface area contributed by atoms with Crippen LogP contribution in [0, 0.1) is 5.41 Å². The van der Waals surface area contributed by atoms with Gasteiger partial charge in [0.2, 0.25) is 0 Å². The Bertz CT molecular complexity index is 390. The van der Waals surface area contributed by atoms with Crippen LogP contribution < -0.4 is 10.2 Å². The molecule has 0 aliphatic carbocycles. The van der Waals surface area contributed by atoms with E-state index in [2.05, 4.69) is 55.3 Å². The summed E-state index contributed by atoms with van der Waals surface area (Å²) in [4.78, 5) is 2.54. The molecular formula is C17H28N2. The smallest absolute Gasteiger partial charge is 0.0366 e. The van der Waals surface area contributed by atoms with Gasteiger partial charge in [-0.15, -0.1) is 0 Å². The number of anilines is 1. The summed E-state index contributed by atoms with van der Waals surface area (Å²) in [6.07, 6.45) is 3.79. The highest BCUT2D eigenvalue weighted by Gasteiger charge is 2.26. The topological polar surface area (TPSA) is 15.3 Å². The first-order valence-electron chi connectivity index (χ1n) is 7.58. The molecule has 0 spiro atoms. The van der Waals surface area contributed by atoms with Crippen molar-refractivity contribution in [2.45, 2.75) is 46.1 Å². The van der Waals surface area contributed by atoms with Crippen LogP contribution in [0.1, 0.15) is 51.6 Å². The average molecular weight is 260 g/mol. The summed E-state index contributed by atoms with van der Waals surface area (Å²) in [6, 6.07) is 9.61. The second-order valence-corrected chi connectivity index (χ2v) is 6.53. The van der Waals surface area contributed by atoms with Gasteiger partial charge in [0.25, 0.3) is 0 Å². The van der Waals surface area contributed by atoms with Gasteiger partial charge in [0.15, 0.2) is 0 Å². The summed E-state index contributed by atoms with van der Waals surface area (Å²) in [5.41, 5.74) is 3.22. The Morgan fingerprint density at radius 3 is 2.47 bits per heavy atom. The molecule has 1 aromatic carbocycles. The predicted octanol–water partition coefficient (Wildman–Crippen LogP) is 3.98. The Labute approximate surface area is 118 Å². The van der Waals surface area contributed by atoms with Crippen LogP contribution in [0.2, 0.25) is 0 Å². The molecule has 2 heteroatoms. The molecule has 19 heavy (non-hydrogen) atoms. The SMILES string of the molecule is CCC(NC)c1ccc(N2CCCC(C)(C)C2)cc1. The molecule has 0 bridgehead atoms. The highest BCUT2D eigenvalue weighted by atomic mass is 15.1. The highest BCUT2D eigenvalue weighted by molar-refractivity contribution is 5.48. The maximum absolute atomic E-state index is 3.37. The van der Waals surface area contributed by atoms with Gasteiger partial charge in [0, 0.05) is 24.8 Å². The monoisotopic (exact) mass is 260 g/mol. The summed E-state index contributed by atoms with van der Waals surface area (Å²) in [7, 11) is 2.04. The van der Waals surface area contributed by atoms with Crippen molar-refractivity contribution < 1.29 is 0 Å². The van der Waals surface area contributed by atoms with Crippen molar-refractivity contribution in [3.8, 4) is 0 Å². The zero-order chi connectivity index (χ0) is 13.9. The number of hydrogen-bond donors (Lipinski definition) is 1. The Kier molecular flexibility index (Phi) is 4.51. The molecule has 0 aromatic heterocycles. The Hall–Kier alpha value is -1.02. The van der Waals surface area contributed by atoms with Gasteiger partial charge in [0.05, 0.1) is 0 Å². The Balaban J connectivity index is 2.10. The van der Waals surface area contributed by atoms with E-state index in [9.17, 15) is 0 Å². The molecule has 2 nitrogen and oxygen atoms in total. The minimum absolute atomic E-state index is 0.452. The molecule has 1 N–H and O–H groups in total. The molecule has 1 aromatic rings. The molecule has 1 fully saturated rings. The lowest BCUT2D eigenvalue weighted by Crippen LogP contribution is -2.40. The second-order valence-electron chi connectivity index (χ2n) is 6.53. The molecular weight excluding hydrogens is 232 g/mol. The van der Waals surface area contributed by atoms with E-state index in [0.29, 0.717) is 11.5 Å². The second kappa shape index (κ2) is 5.96. The molecule has 1 aliphatic rings. The third kappa shape index (κ3) is 3.50. The lowest BCUT2D eigenvalue weighted by Gasteiger charge is -2.39. The van der Waals surface area contributed by atoms with E-state index in [0.717, 1.165) is 6.42 Å². The van der Waals surface area contributed by atoms with E-state index >= 15 is 0 Å². The van der Waals surface area contributed by atoms with Gasteiger partial charge in [-0.25, -0.2) is 0 Å². The van der Waals surface area contributed by atoms with Crippen LogP contribution in [0.5, 0.6) is 0 Å². The van der Waals surface area contributed by atoms with Crippen LogP contribution in [0.4, 0.5) is 5.69 Å². The molecule has 1 atom stereocenters. The number of nitrogens with zero attached hydrogens (tertiary/aromatic N) is 1. The maximum atomic E-state index is 3.37. The normalized spacial score (nSPS) is 20.3. The predicted molar refractivity (Wildman–Crippen MR) is 83.8 cm³/mol. The van der Waals surface area contributed by atoms with Crippen LogP contribution >= 0.6 is 0 Å². The molecule has 106 valence electrons.